The highest BCUT2D eigenvalue weighted by Crippen LogP contribution is 2.24. The fraction of sp³-hybridized carbons (Fsp3) is 0.200. The van der Waals surface area contributed by atoms with Gasteiger partial charge >= 0.3 is 5.69 Å². The van der Waals surface area contributed by atoms with Gasteiger partial charge < -0.3 is 5.11 Å². The summed E-state index contributed by atoms with van der Waals surface area (Å²) in [6.45, 7) is 0.0732. The predicted molar refractivity (Wildman–Crippen MR) is 71.2 cm³/mol. The second kappa shape index (κ2) is 5.95. The number of benzene rings is 2. The minimum Gasteiger partial charge on any atom is -0.396 e. The fourth-order valence-electron chi connectivity index (χ4n) is 2.03. The lowest BCUT2D eigenvalue weighted by Crippen LogP contribution is -2.07. The first-order valence-electron chi connectivity index (χ1n) is 5.93. The first-order chi connectivity index (χ1) is 8.83. The third-order valence-corrected chi connectivity index (χ3v) is 3.00. The molecule has 0 aliphatic heterocycles. The van der Waals surface area contributed by atoms with E-state index in [4.69, 9.17) is 5.39 Å². The summed E-state index contributed by atoms with van der Waals surface area (Å²) in [4.78, 5) is 3.17. The highest BCUT2D eigenvalue weighted by Gasteiger charge is 2.14. The van der Waals surface area contributed by atoms with E-state index in [0.29, 0.717) is 5.69 Å². The molecule has 0 aliphatic rings. The van der Waals surface area contributed by atoms with Crippen molar-refractivity contribution in [2.75, 3.05) is 6.61 Å². The van der Waals surface area contributed by atoms with Crippen molar-refractivity contribution in [3.05, 3.63) is 70.7 Å². The minimum absolute atomic E-state index is 0.0223. The molecule has 0 bridgehead atoms. The van der Waals surface area contributed by atoms with Gasteiger partial charge in [0.1, 0.15) is 0 Å². The van der Waals surface area contributed by atoms with Crippen LogP contribution >= 0.6 is 0 Å². The molecule has 0 heterocycles. The van der Waals surface area contributed by atoms with E-state index >= 15 is 0 Å². The van der Waals surface area contributed by atoms with E-state index in [9.17, 15) is 5.11 Å². The number of diazo groups is 1. The van der Waals surface area contributed by atoms with E-state index < -0.39 is 0 Å². The van der Waals surface area contributed by atoms with Crippen LogP contribution in [0.15, 0.2) is 54.6 Å². The molecule has 3 nitrogen and oxygen atoms in total. The Bertz CT molecular complexity index is 546. The average Bonchev–Trinajstić information content (AvgIpc) is 2.46. The summed E-state index contributed by atoms with van der Waals surface area (Å²) in [5.41, 5.74) is 2.68. The van der Waals surface area contributed by atoms with Gasteiger partial charge in [-0.15, -0.1) is 0 Å². The van der Waals surface area contributed by atoms with Crippen molar-refractivity contribution in [1.29, 1.82) is 5.39 Å². The predicted octanol–water partition coefficient (Wildman–Crippen LogP) is 3.49. The molecule has 0 fully saturated rings. The molecule has 0 amide bonds. The molecule has 0 spiro atoms. The zero-order chi connectivity index (χ0) is 12.8. The summed E-state index contributed by atoms with van der Waals surface area (Å²) in [7, 11) is 0. The number of hydrogen-bond donors (Lipinski definition) is 1. The maximum Gasteiger partial charge on any atom is 0.385 e. The quantitative estimate of drug-likeness (QED) is 0.830. The smallest absolute Gasteiger partial charge is 0.385 e. The SMILES string of the molecule is N#[N+]c1cccc(C(CO)Cc2ccccc2)c1. The molecule has 0 aromatic heterocycles. The molecule has 90 valence electrons. The van der Waals surface area contributed by atoms with Crippen LogP contribution in [-0.4, -0.2) is 11.7 Å². The molecule has 1 atom stereocenters. The number of nitrogens with zero attached hydrogens (tertiary/aromatic N) is 2. The van der Waals surface area contributed by atoms with E-state index in [1.165, 1.54) is 5.56 Å². The van der Waals surface area contributed by atoms with Crippen molar-refractivity contribution in [1.82, 2.24) is 0 Å². The molecule has 1 N–H and O–H groups in total. The van der Waals surface area contributed by atoms with Crippen LogP contribution in [0.1, 0.15) is 17.0 Å². The van der Waals surface area contributed by atoms with Crippen LogP contribution in [0.25, 0.3) is 4.98 Å². The molecule has 2 aromatic carbocycles. The average molecular weight is 239 g/mol. The molecule has 1 unspecified atom stereocenters. The lowest BCUT2D eigenvalue weighted by atomic mass is 9.92. The van der Waals surface area contributed by atoms with E-state index in [2.05, 4.69) is 4.98 Å². The van der Waals surface area contributed by atoms with Gasteiger partial charge in [-0.1, -0.05) is 42.5 Å². The van der Waals surface area contributed by atoms with Gasteiger partial charge in [0, 0.05) is 18.1 Å². The second-order valence-corrected chi connectivity index (χ2v) is 4.26. The molecule has 2 rings (SSSR count). The van der Waals surface area contributed by atoms with Crippen molar-refractivity contribution in [2.45, 2.75) is 12.3 Å². The van der Waals surface area contributed by atoms with Crippen LogP contribution in [0.4, 0.5) is 5.69 Å². The molecular formula is C15H15N2O+. The van der Waals surface area contributed by atoms with Crippen LogP contribution in [-0.2, 0) is 6.42 Å². The molecule has 0 saturated heterocycles. The first-order valence-corrected chi connectivity index (χ1v) is 5.93. The molecular weight excluding hydrogens is 224 g/mol. The van der Waals surface area contributed by atoms with E-state index in [1.807, 2.05) is 42.5 Å². The van der Waals surface area contributed by atoms with Gasteiger partial charge in [0.05, 0.1) is 6.61 Å². The fourth-order valence-corrected chi connectivity index (χ4v) is 2.03. The Morgan fingerprint density at radius 3 is 2.50 bits per heavy atom. The van der Waals surface area contributed by atoms with Gasteiger partial charge in [0.15, 0.2) is 4.98 Å². The van der Waals surface area contributed by atoms with Crippen LogP contribution in [0.5, 0.6) is 0 Å². The van der Waals surface area contributed by atoms with E-state index in [-0.39, 0.29) is 12.5 Å². The summed E-state index contributed by atoms with van der Waals surface area (Å²) in [5, 5.41) is 18.3. The third-order valence-electron chi connectivity index (χ3n) is 3.00. The Kier molecular flexibility index (Phi) is 4.06. The molecule has 18 heavy (non-hydrogen) atoms. The molecule has 0 radical (unpaired) electrons. The van der Waals surface area contributed by atoms with Crippen LogP contribution in [0, 0.1) is 5.39 Å². The largest absolute Gasteiger partial charge is 0.396 e. The van der Waals surface area contributed by atoms with Gasteiger partial charge in [-0.2, -0.15) is 0 Å². The van der Waals surface area contributed by atoms with Crippen molar-refractivity contribution >= 4 is 5.69 Å². The van der Waals surface area contributed by atoms with Crippen LogP contribution in [0.2, 0.25) is 0 Å². The van der Waals surface area contributed by atoms with Gasteiger partial charge in [-0.05, 0) is 17.5 Å². The lowest BCUT2D eigenvalue weighted by molar-refractivity contribution is 0.264. The number of hydrogen-bond acceptors (Lipinski definition) is 2. The molecule has 0 saturated carbocycles. The first kappa shape index (κ1) is 12.3. The number of aliphatic hydroxyl groups is 1. The van der Waals surface area contributed by atoms with E-state index in [1.54, 1.807) is 12.1 Å². The summed E-state index contributed by atoms with van der Waals surface area (Å²) >= 11 is 0. The second-order valence-electron chi connectivity index (χ2n) is 4.26. The van der Waals surface area contributed by atoms with Gasteiger partial charge in [-0.3, -0.25) is 0 Å². The monoisotopic (exact) mass is 239 g/mol. The zero-order valence-electron chi connectivity index (χ0n) is 10.0. The standard InChI is InChI=1S/C15H15N2O/c16-17-15-8-4-7-13(10-15)14(11-18)9-12-5-2-1-3-6-12/h1-8,10,14,18H,9,11H2/q+1. The summed E-state index contributed by atoms with van der Waals surface area (Å²) in [6, 6.07) is 17.3. The Morgan fingerprint density at radius 2 is 1.83 bits per heavy atom. The minimum atomic E-state index is 0.0223. The summed E-state index contributed by atoms with van der Waals surface area (Å²) in [5.74, 6) is 0.0223. The van der Waals surface area contributed by atoms with Gasteiger partial charge in [0.25, 0.3) is 0 Å². The van der Waals surface area contributed by atoms with Crippen LogP contribution in [0.3, 0.4) is 0 Å². The summed E-state index contributed by atoms with van der Waals surface area (Å²) < 4.78 is 0. The Labute approximate surface area is 106 Å². The Balaban J connectivity index is 2.21. The normalized spacial score (nSPS) is 11.8. The highest BCUT2D eigenvalue weighted by atomic mass is 16.3. The molecule has 0 aliphatic carbocycles. The zero-order valence-corrected chi connectivity index (χ0v) is 10.0. The number of aliphatic hydroxyl groups excluding tert-OH is 1. The molecule has 2 aromatic rings. The Morgan fingerprint density at radius 1 is 1.06 bits per heavy atom. The van der Waals surface area contributed by atoms with Crippen LogP contribution < -0.4 is 0 Å². The highest BCUT2D eigenvalue weighted by molar-refractivity contribution is 5.47. The van der Waals surface area contributed by atoms with E-state index in [0.717, 1.165) is 12.0 Å². The topological polar surface area (TPSA) is 48.4 Å². The lowest BCUT2D eigenvalue weighted by Gasteiger charge is -2.13. The number of rotatable bonds is 4. The van der Waals surface area contributed by atoms with Crippen molar-refractivity contribution < 1.29 is 5.11 Å². The van der Waals surface area contributed by atoms with Gasteiger partial charge in [-0.25, -0.2) is 0 Å². The Hall–Kier alpha value is -2.18. The van der Waals surface area contributed by atoms with Gasteiger partial charge in [0.2, 0.25) is 5.39 Å². The van der Waals surface area contributed by atoms with Crippen molar-refractivity contribution in [2.24, 2.45) is 0 Å². The maximum atomic E-state index is 9.51. The third kappa shape index (κ3) is 2.93. The van der Waals surface area contributed by atoms with Crippen molar-refractivity contribution in [3.63, 3.8) is 0 Å². The maximum absolute atomic E-state index is 9.51. The summed E-state index contributed by atoms with van der Waals surface area (Å²) in [6.07, 6.45) is 0.770. The van der Waals surface area contributed by atoms with Crippen molar-refractivity contribution in [3.8, 4) is 0 Å². The molecule has 3 heteroatoms.